The quantitative estimate of drug-likeness (QED) is 0.613. The van der Waals surface area contributed by atoms with Crippen molar-refractivity contribution in [2.24, 2.45) is 5.73 Å². The molecule has 0 aliphatic carbocycles. The Kier molecular flexibility index (Phi) is 5.47. The summed E-state index contributed by atoms with van der Waals surface area (Å²) >= 11 is 0.996. The summed E-state index contributed by atoms with van der Waals surface area (Å²) in [5, 5.41) is 9.82. The summed E-state index contributed by atoms with van der Waals surface area (Å²) in [6.45, 7) is 0. The first-order valence-corrected chi connectivity index (χ1v) is 10.1. The first-order chi connectivity index (χ1) is 15.3. The van der Waals surface area contributed by atoms with Gasteiger partial charge in [0.1, 0.15) is 22.1 Å². The normalized spacial score (nSPS) is 16.0. The number of nitriles is 1. The van der Waals surface area contributed by atoms with Crippen LogP contribution < -0.4 is 20.5 Å². The molecule has 1 atom stereocenters. The SMILES string of the molecule is COC(=O)C1=c2s/c(=C\c3ccc(F)cc3)c(=O)n2C(N)=C(C#N)[C@@H]1c1ccc(F)cc1. The summed E-state index contributed by atoms with van der Waals surface area (Å²) in [6, 6.07) is 12.8. The smallest absolute Gasteiger partial charge is 0.337 e. The van der Waals surface area contributed by atoms with Gasteiger partial charge in [0.25, 0.3) is 5.56 Å². The molecule has 1 aliphatic rings. The standard InChI is InChI=1S/C23H15F2N3O3S/c1-31-23(30)19-18(13-4-8-15(25)9-5-13)16(11-26)20(27)28-21(29)17(32-22(19)28)10-12-2-6-14(24)7-3-12/h2-10,18H,27H2,1H3/b17-10-/t18-/m0/s1. The number of methoxy groups -OCH3 is 1. The molecule has 6 nitrogen and oxygen atoms in total. The minimum atomic E-state index is -0.940. The van der Waals surface area contributed by atoms with Crippen LogP contribution in [0.3, 0.4) is 0 Å². The van der Waals surface area contributed by atoms with Crippen molar-refractivity contribution in [3.8, 4) is 6.07 Å². The third-order valence-corrected chi connectivity index (χ3v) is 6.15. The number of benzene rings is 2. The Hall–Kier alpha value is -4.03. The molecule has 0 fully saturated rings. The van der Waals surface area contributed by atoms with Crippen LogP contribution in [0.4, 0.5) is 8.78 Å². The number of carbonyl (C=O) groups is 1. The van der Waals surface area contributed by atoms with Gasteiger partial charge in [-0.3, -0.25) is 9.36 Å². The average molecular weight is 451 g/mol. The first kappa shape index (κ1) is 21.2. The molecule has 0 saturated heterocycles. The van der Waals surface area contributed by atoms with E-state index < -0.39 is 29.1 Å². The third kappa shape index (κ3) is 3.50. The lowest BCUT2D eigenvalue weighted by Crippen LogP contribution is -2.40. The van der Waals surface area contributed by atoms with Gasteiger partial charge in [0.2, 0.25) is 0 Å². The number of ether oxygens (including phenoxy) is 1. The summed E-state index contributed by atoms with van der Waals surface area (Å²) in [6.07, 6.45) is 1.54. The number of fused-ring (bicyclic) bond motifs is 1. The Balaban J connectivity index is 2.08. The number of nitrogens with zero attached hydrogens (tertiary/aromatic N) is 2. The Morgan fingerprint density at radius 2 is 1.75 bits per heavy atom. The largest absolute Gasteiger partial charge is 0.466 e. The van der Waals surface area contributed by atoms with Crippen LogP contribution in [0.5, 0.6) is 0 Å². The lowest BCUT2D eigenvalue weighted by Gasteiger charge is -2.24. The first-order valence-electron chi connectivity index (χ1n) is 9.33. The van der Waals surface area contributed by atoms with E-state index in [1.165, 1.54) is 55.6 Å². The van der Waals surface area contributed by atoms with Gasteiger partial charge in [-0.15, -0.1) is 11.3 Å². The minimum Gasteiger partial charge on any atom is -0.466 e. The van der Waals surface area contributed by atoms with Crippen molar-refractivity contribution in [1.82, 2.24) is 4.57 Å². The molecule has 0 saturated carbocycles. The van der Waals surface area contributed by atoms with Gasteiger partial charge in [-0.2, -0.15) is 5.26 Å². The fourth-order valence-corrected chi connectivity index (χ4v) is 4.72. The Bertz CT molecular complexity index is 1480. The molecule has 4 rings (SSSR count). The maximum absolute atomic E-state index is 13.5. The maximum Gasteiger partial charge on any atom is 0.337 e. The lowest BCUT2D eigenvalue weighted by molar-refractivity contribution is -0.134. The van der Waals surface area contributed by atoms with Gasteiger partial charge in [-0.1, -0.05) is 24.3 Å². The molecule has 2 heterocycles. The van der Waals surface area contributed by atoms with Gasteiger partial charge in [-0.05, 0) is 41.5 Å². The van der Waals surface area contributed by atoms with Crippen LogP contribution in [0.2, 0.25) is 0 Å². The number of nitrogens with two attached hydrogens (primary N) is 1. The fourth-order valence-electron chi connectivity index (χ4n) is 3.55. The second-order valence-corrected chi connectivity index (χ2v) is 7.94. The van der Waals surface area contributed by atoms with Crippen molar-refractivity contribution in [1.29, 1.82) is 5.26 Å². The molecule has 0 unspecified atom stereocenters. The predicted octanol–water partition coefficient (Wildman–Crippen LogP) is 1.79. The zero-order valence-electron chi connectivity index (χ0n) is 16.6. The van der Waals surface area contributed by atoms with Crippen LogP contribution >= 0.6 is 11.3 Å². The molecule has 2 N–H and O–H groups in total. The van der Waals surface area contributed by atoms with E-state index in [0.29, 0.717) is 11.1 Å². The number of thiazole rings is 1. The number of aromatic nitrogens is 1. The second kappa shape index (κ2) is 8.24. The number of halogens is 2. The van der Waals surface area contributed by atoms with Gasteiger partial charge in [0.15, 0.2) is 0 Å². The Labute approximate surface area is 184 Å². The van der Waals surface area contributed by atoms with Crippen molar-refractivity contribution in [3.63, 3.8) is 0 Å². The van der Waals surface area contributed by atoms with Crippen LogP contribution in [0.1, 0.15) is 17.0 Å². The third-order valence-electron chi connectivity index (χ3n) is 5.05. The van der Waals surface area contributed by atoms with Crippen molar-refractivity contribution in [2.45, 2.75) is 5.92 Å². The van der Waals surface area contributed by atoms with E-state index >= 15 is 0 Å². The van der Waals surface area contributed by atoms with Crippen molar-refractivity contribution in [3.05, 3.63) is 96.4 Å². The van der Waals surface area contributed by atoms with Crippen LogP contribution in [-0.2, 0) is 9.53 Å². The second-order valence-electron chi connectivity index (χ2n) is 6.91. The van der Waals surface area contributed by atoms with E-state index in [0.717, 1.165) is 15.9 Å². The summed E-state index contributed by atoms with van der Waals surface area (Å²) in [5.74, 6) is -2.71. The Morgan fingerprint density at radius 1 is 1.16 bits per heavy atom. The number of esters is 1. The molecule has 0 radical (unpaired) electrons. The van der Waals surface area contributed by atoms with Gasteiger partial charge >= 0.3 is 5.97 Å². The molecule has 2 aromatic carbocycles. The number of allylic oxidation sites excluding steroid dienone is 1. The number of rotatable bonds is 3. The molecule has 3 aromatic rings. The van der Waals surface area contributed by atoms with Crippen LogP contribution in [0.15, 0.2) is 58.9 Å². The molecular weight excluding hydrogens is 436 g/mol. The number of hydrogen-bond donors (Lipinski definition) is 1. The van der Waals surface area contributed by atoms with Gasteiger partial charge < -0.3 is 10.5 Å². The highest BCUT2D eigenvalue weighted by Gasteiger charge is 2.36. The molecule has 160 valence electrons. The van der Waals surface area contributed by atoms with E-state index in [4.69, 9.17) is 10.5 Å². The summed E-state index contributed by atoms with van der Waals surface area (Å²) in [5.41, 5.74) is 6.72. The predicted molar refractivity (Wildman–Crippen MR) is 115 cm³/mol. The van der Waals surface area contributed by atoms with E-state index in [2.05, 4.69) is 0 Å². The monoisotopic (exact) mass is 451 g/mol. The maximum atomic E-state index is 13.5. The molecule has 9 heteroatoms. The van der Waals surface area contributed by atoms with Crippen LogP contribution in [0.25, 0.3) is 17.5 Å². The molecule has 0 spiro atoms. The topological polar surface area (TPSA) is 98.1 Å². The average Bonchev–Trinajstić information content (AvgIpc) is 3.11. The minimum absolute atomic E-state index is 0.0299. The zero-order chi connectivity index (χ0) is 23.0. The molecule has 1 aliphatic heterocycles. The highest BCUT2D eigenvalue weighted by molar-refractivity contribution is 7.07. The van der Waals surface area contributed by atoms with Crippen molar-refractivity contribution < 1.29 is 18.3 Å². The van der Waals surface area contributed by atoms with Crippen molar-refractivity contribution >= 4 is 34.8 Å². The fraction of sp³-hybridized carbons (Fsp3) is 0.0870. The molecule has 0 bridgehead atoms. The molecular formula is C23H15F2N3O3S. The lowest BCUT2D eigenvalue weighted by atomic mass is 9.84. The van der Waals surface area contributed by atoms with E-state index in [-0.39, 0.29) is 26.2 Å². The highest BCUT2D eigenvalue weighted by Crippen LogP contribution is 2.36. The van der Waals surface area contributed by atoms with Gasteiger partial charge in [0.05, 0.1) is 34.8 Å². The van der Waals surface area contributed by atoms with E-state index in [1.54, 1.807) is 6.08 Å². The summed E-state index contributed by atoms with van der Waals surface area (Å²) in [7, 11) is 1.19. The highest BCUT2D eigenvalue weighted by atomic mass is 32.1. The van der Waals surface area contributed by atoms with E-state index in [1.807, 2.05) is 6.07 Å². The number of hydrogen-bond acceptors (Lipinski definition) is 6. The molecule has 1 aromatic heterocycles. The van der Waals surface area contributed by atoms with Crippen molar-refractivity contribution in [2.75, 3.05) is 7.11 Å². The summed E-state index contributed by atoms with van der Waals surface area (Å²) in [4.78, 5) is 25.9. The van der Waals surface area contributed by atoms with Crippen LogP contribution in [-0.4, -0.2) is 17.6 Å². The van der Waals surface area contributed by atoms with Gasteiger partial charge in [-0.25, -0.2) is 13.6 Å². The van der Waals surface area contributed by atoms with Crippen LogP contribution in [0, 0.1) is 23.0 Å². The Morgan fingerprint density at radius 3 is 2.31 bits per heavy atom. The molecule has 32 heavy (non-hydrogen) atoms. The van der Waals surface area contributed by atoms with E-state index in [9.17, 15) is 23.6 Å². The number of carbonyl (C=O) groups excluding carboxylic acids is 1. The zero-order valence-corrected chi connectivity index (χ0v) is 17.5. The van der Waals surface area contributed by atoms with Gasteiger partial charge in [0, 0.05) is 0 Å². The molecule has 0 amide bonds. The summed E-state index contributed by atoms with van der Waals surface area (Å²) < 4.78 is 33.2.